The van der Waals surface area contributed by atoms with E-state index in [4.69, 9.17) is 34.8 Å². The van der Waals surface area contributed by atoms with Crippen LogP contribution in [0.4, 0.5) is 5.69 Å². The lowest BCUT2D eigenvalue weighted by molar-refractivity contribution is -0.112. The normalized spacial score (nSPS) is 24.9. The van der Waals surface area contributed by atoms with Crippen LogP contribution in [-0.2, 0) is 4.79 Å². The number of amides is 1. The van der Waals surface area contributed by atoms with Crippen LogP contribution in [0, 0.1) is 16.7 Å². The SMILES string of the molecule is N#CC1(NC(=O)c2cc(NCC3(C=O)C(c4ccccc4)C3(Cl)Cl)ccc2Cl)CC1. The summed E-state index contributed by atoms with van der Waals surface area (Å²) in [5.41, 5.74) is -0.0617. The minimum absolute atomic E-state index is 0.188. The first-order chi connectivity index (χ1) is 14.3. The molecule has 2 aliphatic rings. The molecule has 2 aromatic carbocycles. The predicted molar refractivity (Wildman–Crippen MR) is 117 cm³/mol. The third kappa shape index (κ3) is 3.43. The van der Waals surface area contributed by atoms with Gasteiger partial charge in [0.2, 0.25) is 0 Å². The monoisotopic (exact) mass is 461 g/mol. The van der Waals surface area contributed by atoms with Crippen LogP contribution >= 0.6 is 34.8 Å². The zero-order valence-corrected chi connectivity index (χ0v) is 18.1. The lowest BCUT2D eigenvalue weighted by atomic mass is 10.0. The van der Waals surface area contributed by atoms with Gasteiger partial charge in [0.25, 0.3) is 5.91 Å². The Kier molecular flexibility index (Phi) is 5.22. The fraction of sp³-hybridized carbons (Fsp3) is 0.318. The second-order valence-electron chi connectivity index (χ2n) is 7.82. The van der Waals surface area contributed by atoms with E-state index >= 15 is 0 Å². The Bertz CT molecular complexity index is 1050. The molecule has 154 valence electrons. The molecule has 8 heteroatoms. The molecule has 0 bridgehead atoms. The summed E-state index contributed by atoms with van der Waals surface area (Å²) in [4.78, 5) is 24.6. The van der Waals surface area contributed by atoms with E-state index in [-0.39, 0.29) is 23.0 Å². The Labute approximate surface area is 189 Å². The van der Waals surface area contributed by atoms with E-state index in [0.717, 1.165) is 11.8 Å². The first-order valence-electron chi connectivity index (χ1n) is 9.45. The fourth-order valence-corrected chi connectivity index (χ4v) is 4.95. The van der Waals surface area contributed by atoms with Gasteiger partial charge >= 0.3 is 0 Å². The minimum atomic E-state index is -1.24. The van der Waals surface area contributed by atoms with Crippen molar-refractivity contribution in [1.29, 1.82) is 5.26 Å². The summed E-state index contributed by atoms with van der Waals surface area (Å²) < 4.78 is -1.24. The van der Waals surface area contributed by atoms with Gasteiger partial charge in [0.1, 0.15) is 16.2 Å². The summed E-state index contributed by atoms with van der Waals surface area (Å²) in [6.45, 7) is 0.188. The number of hydrogen-bond acceptors (Lipinski definition) is 4. The van der Waals surface area contributed by atoms with Crippen molar-refractivity contribution in [2.45, 2.75) is 28.6 Å². The Balaban J connectivity index is 1.52. The number of rotatable bonds is 7. The fourth-order valence-electron chi connectivity index (χ4n) is 3.77. The smallest absolute Gasteiger partial charge is 0.254 e. The van der Waals surface area contributed by atoms with Crippen molar-refractivity contribution in [2.24, 2.45) is 5.41 Å². The van der Waals surface area contributed by atoms with Gasteiger partial charge in [0.15, 0.2) is 0 Å². The molecular formula is C22H18Cl3N3O2. The first-order valence-corrected chi connectivity index (χ1v) is 10.6. The van der Waals surface area contributed by atoms with Gasteiger partial charge in [-0.1, -0.05) is 65.1 Å². The van der Waals surface area contributed by atoms with E-state index in [1.165, 1.54) is 0 Å². The summed E-state index contributed by atoms with van der Waals surface area (Å²) in [6, 6.07) is 16.4. The molecule has 2 fully saturated rings. The van der Waals surface area contributed by atoms with Gasteiger partial charge < -0.3 is 15.4 Å². The van der Waals surface area contributed by atoms with Crippen LogP contribution in [0.1, 0.15) is 34.7 Å². The zero-order chi connectivity index (χ0) is 21.6. The number of nitrogens with one attached hydrogen (secondary N) is 2. The highest BCUT2D eigenvalue weighted by Gasteiger charge is 2.76. The molecule has 4 rings (SSSR count). The topological polar surface area (TPSA) is 82.0 Å². The van der Waals surface area contributed by atoms with Gasteiger partial charge in [-0.25, -0.2) is 0 Å². The quantitative estimate of drug-likeness (QED) is 0.462. The van der Waals surface area contributed by atoms with Crippen molar-refractivity contribution in [3.05, 3.63) is 64.7 Å². The van der Waals surface area contributed by atoms with Crippen LogP contribution in [0.2, 0.25) is 5.02 Å². The number of nitriles is 1. The van der Waals surface area contributed by atoms with E-state index in [0.29, 0.717) is 18.5 Å². The largest absolute Gasteiger partial charge is 0.384 e. The zero-order valence-electron chi connectivity index (χ0n) is 15.8. The van der Waals surface area contributed by atoms with Crippen LogP contribution in [0.3, 0.4) is 0 Å². The molecule has 5 nitrogen and oxygen atoms in total. The summed E-state index contributed by atoms with van der Waals surface area (Å²) >= 11 is 19.2. The number of hydrogen-bond donors (Lipinski definition) is 2. The van der Waals surface area contributed by atoms with Crippen molar-refractivity contribution >= 4 is 52.7 Å². The van der Waals surface area contributed by atoms with Crippen molar-refractivity contribution in [3.63, 3.8) is 0 Å². The molecule has 1 amide bonds. The maximum Gasteiger partial charge on any atom is 0.254 e. The summed E-state index contributed by atoms with van der Waals surface area (Å²) in [7, 11) is 0. The number of benzene rings is 2. The van der Waals surface area contributed by atoms with Crippen molar-refractivity contribution in [3.8, 4) is 6.07 Å². The molecule has 2 atom stereocenters. The van der Waals surface area contributed by atoms with E-state index < -0.39 is 21.2 Å². The van der Waals surface area contributed by atoms with Gasteiger partial charge in [-0.15, -0.1) is 0 Å². The van der Waals surface area contributed by atoms with Crippen molar-refractivity contribution in [2.75, 3.05) is 11.9 Å². The molecule has 2 unspecified atom stereocenters. The van der Waals surface area contributed by atoms with Crippen molar-refractivity contribution < 1.29 is 9.59 Å². The molecular weight excluding hydrogens is 445 g/mol. The first kappa shape index (κ1) is 21.0. The molecule has 0 saturated heterocycles. The van der Waals surface area contributed by atoms with E-state index in [9.17, 15) is 14.9 Å². The number of alkyl halides is 2. The molecule has 0 aromatic heterocycles. The third-order valence-corrected chi connectivity index (χ3v) is 7.34. The van der Waals surface area contributed by atoms with Crippen LogP contribution < -0.4 is 10.6 Å². The van der Waals surface area contributed by atoms with Gasteiger partial charge in [0.05, 0.1) is 22.1 Å². The Morgan fingerprint density at radius 1 is 1.20 bits per heavy atom. The van der Waals surface area contributed by atoms with Gasteiger partial charge in [-0.2, -0.15) is 5.26 Å². The van der Waals surface area contributed by atoms with E-state index in [2.05, 4.69) is 16.7 Å². The molecule has 30 heavy (non-hydrogen) atoms. The number of anilines is 1. The predicted octanol–water partition coefficient (Wildman–Crippen LogP) is 4.69. The highest BCUT2D eigenvalue weighted by Crippen LogP contribution is 2.72. The Hall–Kier alpha value is -2.26. The number of carbonyl (C=O) groups is 2. The summed E-state index contributed by atoms with van der Waals surface area (Å²) in [6.07, 6.45) is 2.05. The minimum Gasteiger partial charge on any atom is -0.384 e. The van der Waals surface area contributed by atoms with Crippen LogP contribution in [-0.4, -0.2) is 28.6 Å². The third-order valence-electron chi connectivity index (χ3n) is 5.87. The average molecular weight is 463 g/mol. The van der Waals surface area contributed by atoms with E-state index in [1.807, 2.05) is 30.3 Å². The highest BCUT2D eigenvalue weighted by molar-refractivity contribution is 6.54. The number of carbonyl (C=O) groups excluding carboxylic acids is 2. The van der Waals surface area contributed by atoms with Gasteiger partial charge in [-0.05, 0) is 36.6 Å². The molecule has 2 N–H and O–H groups in total. The average Bonchev–Trinajstić information content (AvgIpc) is 3.62. The summed E-state index contributed by atoms with van der Waals surface area (Å²) in [5.74, 6) is -0.759. The second kappa shape index (κ2) is 7.46. The number of nitrogens with zero attached hydrogens (tertiary/aromatic N) is 1. The highest BCUT2D eigenvalue weighted by atomic mass is 35.5. The Morgan fingerprint density at radius 2 is 1.90 bits per heavy atom. The van der Waals surface area contributed by atoms with Gasteiger partial charge in [0, 0.05) is 18.2 Å². The maximum atomic E-state index is 12.6. The van der Waals surface area contributed by atoms with Crippen LogP contribution in [0.15, 0.2) is 48.5 Å². The van der Waals surface area contributed by atoms with E-state index in [1.54, 1.807) is 18.2 Å². The van der Waals surface area contributed by atoms with Crippen LogP contribution in [0.5, 0.6) is 0 Å². The molecule has 2 saturated carbocycles. The lowest BCUT2D eigenvalue weighted by Crippen LogP contribution is -2.35. The Morgan fingerprint density at radius 3 is 2.50 bits per heavy atom. The molecule has 0 radical (unpaired) electrons. The number of aldehydes is 1. The van der Waals surface area contributed by atoms with Crippen LogP contribution in [0.25, 0.3) is 0 Å². The maximum absolute atomic E-state index is 12.6. The second-order valence-corrected chi connectivity index (χ2v) is 9.61. The molecule has 2 aromatic rings. The molecule has 0 heterocycles. The molecule has 2 aliphatic carbocycles. The van der Waals surface area contributed by atoms with Crippen molar-refractivity contribution in [1.82, 2.24) is 5.32 Å². The molecule has 0 spiro atoms. The van der Waals surface area contributed by atoms with Gasteiger partial charge in [-0.3, -0.25) is 4.79 Å². The standard InChI is InChI=1S/C22H18Cl3N3O2/c23-17-7-6-15(10-16(17)19(30)28-20(11-26)8-9-20)27-12-21(13-29)18(22(21,24)25)14-4-2-1-3-5-14/h1-7,10,13,18,27H,8-9,12H2,(H,28,30). The number of halogens is 3. The molecule has 0 aliphatic heterocycles. The lowest BCUT2D eigenvalue weighted by Gasteiger charge is -2.16. The summed E-state index contributed by atoms with van der Waals surface area (Å²) in [5, 5.41) is 15.3.